The Balaban J connectivity index is 2.01. The van der Waals surface area contributed by atoms with E-state index in [1.807, 2.05) is 0 Å². The van der Waals surface area contributed by atoms with Gasteiger partial charge in [-0.15, -0.1) is 0 Å². The van der Waals surface area contributed by atoms with Gasteiger partial charge in [0.25, 0.3) is 0 Å². The molecule has 1 aromatic carbocycles. The van der Waals surface area contributed by atoms with Crippen LogP contribution in [0.25, 0.3) is 0 Å². The largest absolute Gasteiger partial charge is 0.325 e. The average Bonchev–Trinajstić information content (AvgIpc) is 2.41. The molecule has 1 heterocycles. The molecule has 0 radical (unpaired) electrons. The van der Waals surface area contributed by atoms with Crippen molar-refractivity contribution < 1.29 is 4.79 Å². The lowest BCUT2D eigenvalue weighted by molar-refractivity contribution is -0.115. The second-order valence-corrected chi connectivity index (χ2v) is 6.22. The molecule has 0 saturated heterocycles. The smallest absolute Gasteiger partial charge is 0.237 e. The lowest BCUT2D eigenvalue weighted by atomic mass is 10.3. The predicted molar refractivity (Wildman–Crippen MR) is 84.6 cm³/mol. The van der Waals surface area contributed by atoms with E-state index in [-0.39, 0.29) is 11.2 Å². The first-order chi connectivity index (χ1) is 9.56. The molecule has 2 rings (SSSR count). The topological polar surface area (TPSA) is 42.0 Å². The number of thioether (sulfide) groups is 1. The highest BCUT2D eigenvalue weighted by molar-refractivity contribution is 8.00. The highest BCUT2D eigenvalue weighted by Gasteiger charge is 2.16. The fourth-order valence-corrected chi connectivity index (χ4v) is 2.74. The van der Waals surface area contributed by atoms with Crippen molar-refractivity contribution in [1.82, 2.24) is 4.98 Å². The van der Waals surface area contributed by atoms with Crippen LogP contribution in [0, 0.1) is 0 Å². The summed E-state index contributed by atoms with van der Waals surface area (Å²) in [5, 5.41) is 4.25. The summed E-state index contributed by atoms with van der Waals surface area (Å²) >= 11 is 13.2. The first-order valence-corrected chi connectivity index (χ1v) is 7.53. The number of rotatable bonds is 4. The molecule has 0 aliphatic carbocycles. The van der Waals surface area contributed by atoms with Crippen LogP contribution in [0.4, 0.5) is 5.69 Å². The quantitative estimate of drug-likeness (QED) is 0.840. The third kappa shape index (κ3) is 4.13. The van der Waals surface area contributed by atoms with Crippen molar-refractivity contribution in [3.63, 3.8) is 0 Å². The van der Waals surface area contributed by atoms with E-state index < -0.39 is 0 Å². The molecule has 0 saturated carbocycles. The summed E-state index contributed by atoms with van der Waals surface area (Å²) in [6.07, 6.45) is 1.65. The lowest BCUT2D eigenvalue weighted by Crippen LogP contribution is -2.22. The van der Waals surface area contributed by atoms with Gasteiger partial charge < -0.3 is 5.32 Å². The van der Waals surface area contributed by atoms with Crippen LogP contribution in [0.1, 0.15) is 6.92 Å². The fourth-order valence-electron chi connectivity index (χ4n) is 1.49. The number of benzene rings is 1. The molecule has 1 N–H and O–H groups in total. The van der Waals surface area contributed by atoms with E-state index >= 15 is 0 Å². The fraction of sp³-hybridized carbons (Fsp3) is 0.143. The maximum Gasteiger partial charge on any atom is 0.237 e. The van der Waals surface area contributed by atoms with Crippen LogP contribution in [-0.2, 0) is 4.79 Å². The number of anilines is 1. The summed E-state index contributed by atoms with van der Waals surface area (Å²) in [7, 11) is 0. The summed E-state index contributed by atoms with van der Waals surface area (Å²) in [4.78, 5) is 16.2. The van der Waals surface area contributed by atoms with Gasteiger partial charge in [0.2, 0.25) is 5.91 Å². The molecule has 2 aromatic rings. The number of pyridine rings is 1. The summed E-state index contributed by atoms with van der Waals surface area (Å²) in [6, 6.07) is 10.5. The van der Waals surface area contributed by atoms with E-state index in [9.17, 15) is 4.79 Å². The molecular formula is C14H12Cl2N2OS. The predicted octanol–water partition coefficient (Wildman–Crippen LogP) is 4.51. The van der Waals surface area contributed by atoms with E-state index in [1.165, 1.54) is 11.8 Å². The number of carbonyl (C=O) groups excluding carboxylic acids is 1. The first kappa shape index (κ1) is 15.2. The number of aromatic nitrogens is 1. The molecule has 6 heteroatoms. The summed E-state index contributed by atoms with van der Waals surface area (Å²) in [5.41, 5.74) is 0.669. The molecule has 1 unspecified atom stereocenters. The number of nitrogens with zero attached hydrogens (tertiary/aromatic N) is 1. The lowest BCUT2D eigenvalue weighted by Gasteiger charge is -2.12. The normalized spacial score (nSPS) is 11.9. The minimum Gasteiger partial charge on any atom is -0.325 e. The molecule has 104 valence electrons. The number of halogens is 2. The standard InChI is InChI=1S/C14H12Cl2N2OS/c1-9(20-14-12(16)6-3-7-17-14)13(19)18-11-5-2-4-10(15)8-11/h2-9H,1H3,(H,18,19). The van der Waals surface area contributed by atoms with Crippen molar-refractivity contribution in [2.75, 3.05) is 5.32 Å². The Bertz CT molecular complexity index is 622. The number of carbonyl (C=O) groups is 1. The van der Waals surface area contributed by atoms with Crippen molar-refractivity contribution >= 4 is 46.6 Å². The van der Waals surface area contributed by atoms with Crippen molar-refractivity contribution in [2.24, 2.45) is 0 Å². The van der Waals surface area contributed by atoms with Crippen LogP contribution in [0.3, 0.4) is 0 Å². The Labute approximate surface area is 131 Å². The molecule has 0 aliphatic heterocycles. The van der Waals surface area contributed by atoms with Gasteiger partial charge in [-0.2, -0.15) is 0 Å². The molecular weight excluding hydrogens is 315 g/mol. The number of amides is 1. The summed E-state index contributed by atoms with van der Waals surface area (Å²) < 4.78 is 0. The maximum atomic E-state index is 12.1. The van der Waals surface area contributed by atoms with E-state index in [1.54, 1.807) is 49.5 Å². The van der Waals surface area contributed by atoms with Gasteiger partial charge in [-0.05, 0) is 37.3 Å². The number of nitrogens with one attached hydrogen (secondary N) is 1. The molecule has 0 spiro atoms. The van der Waals surface area contributed by atoms with Crippen LogP contribution < -0.4 is 5.32 Å². The Hall–Kier alpha value is -1.23. The van der Waals surface area contributed by atoms with E-state index in [0.717, 1.165) is 0 Å². The van der Waals surface area contributed by atoms with Crippen molar-refractivity contribution in [3.05, 3.63) is 52.6 Å². The molecule has 3 nitrogen and oxygen atoms in total. The van der Waals surface area contributed by atoms with Crippen molar-refractivity contribution in [3.8, 4) is 0 Å². The van der Waals surface area contributed by atoms with Gasteiger partial charge in [-0.25, -0.2) is 4.98 Å². The van der Waals surface area contributed by atoms with E-state index in [4.69, 9.17) is 23.2 Å². The van der Waals surface area contributed by atoms with Gasteiger partial charge in [-0.3, -0.25) is 4.79 Å². The average molecular weight is 327 g/mol. The van der Waals surface area contributed by atoms with Gasteiger partial charge in [-0.1, -0.05) is 41.0 Å². The summed E-state index contributed by atoms with van der Waals surface area (Å²) in [5.74, 6) is -0.126. The zero-order valence-electron chi connectivity index (χ0n) is 10.6. The number of hydrogen-bond donors (Lipinski definition) is 1. The highest BCUT2D eigenvalue weighted by Crippen LogP contribution is 2.28. The molecule has 1 amide bonds. The Kier molecular flexibility index (Phi) is 5.29. The summed E-state index contributed by atoms with van der Waals surface area (Å²) in [6.45, 7) is 1.80. The molecule has 0 fully saturated rings. The minimum absolute atomic E-state index is 0.126. The molecule has 1 aromatic heterocycles. The van der Waals surface area contributed by atoms with Gasteiger partial charge in [0.15, 0.2) is 0 Å². The molecule has 0 aliphatic rings. The molecule has 0 bridgehead atoms. The van der Waals surface area contributed by atoms with Crippen LogP contribution in [0.15, 0.2) is 47.6 Å². The SMILES string of the molecule is CC(Sc1ncccc1Cl)C(=O)Nc1cccc(Cl)c1. The van der Waals surface area contributed by atoms with Gasteiger partial charge >= 0.3 is 0 Å². The maximum absolute atomic E-state index is 12.1. The highest BCUT2D eigenvalue weighted by atomic mass is 35.5. The van der Waals surface area contributed by atoms with E-state index in [0.29, 0.717) is 20.8 Å². The Morgan fingerprint density at radius 2 is 2.10 bits per heavy atom. The van der Waals surface area contributed by atoms with Crippen LogP contribution in [-0.4, -0.2) is 16.1 Å². The Morgan fingerprint density at radius 3 is 2.80 bits per heavy atom. The zero-order valence-corrected chi connectivity index (χ0v) is 13.0. The van der Waals surface area contributed by atoms with Crippen LogP contribution in [0.5, 0.6) is 0 Å². The second kappa shape index (κ2) is 6.97. The van der Waals surface area contributed by atoms with Gasteiger partial charge in [0.05, 0.1) is 10.3 Å². The first-order valence-electron chi connectivity index (χ1n) is 5.90. The van der Waals surface area contributed by atoms with Crippen LogP contribution >= 0.6 is 35.0 Å². The third-order valence-corrected chi connectivity index (χ3v) is 4.24. The number of hydrogen-bond acceptors (Lipinski definition) is 3. The molecule has 20 heavy (non-hydrogen) atoms. The monoisotopic (exact) mass is 326 g/mol. The van der Waals surface area contributed by atoms with E-state index in [2.05, 4.69) is 10.3 Å². The minimum atomic E-state index is -0.318. The zero-order chi connectivity index (χ0) is 14.5. The van der Waals surface area contributed by atoms with Crippen molar-refractivity contribution in [2.45, 2.75) is 17.2 Å². The van der Waals surface area contributed by atoms with Gasteiger partial charge in [0.1, 0.15) is 5.03 Å². The van der Waals surface area contributed by atoms with Crippen LogP contribution in [0.2, 0.25) is 10.0 Å². The van der Waals surface area contributed by atoms with Crippen molar-refractivity contribution in [1.29, 1.82) is 0 Å². The second-order valence-electron chi connectivity index (χ2n) is 4.05. The van der Waals surface area contributed by atoms with Gasteiger partial charge in [0, 0.05) is 16.9 Å². The Morgan fingerprint density at radius 1 is 1.30 bits per heavy atom. The third-order valence-electron chi connectivity index (χ3n) is 2.47. The molecule has 1 atom stereocenters.